The van der Waals surface area contributed by atoms with E-state index in [9.17, 15) is 4.48 Å². The molecule has 10 heavy (non-hydrogen) atoms. The summed E-state index contributed by atoms with van der Waals surface area (Å²) in [6.07, 6.45) is 3.88. The van der Waals surface area contributed by atoms with Crippen molar-refractivity contribution in [2.24, 2.45) is 5.10 Å². The fourth-order valence-corrected chi connectivity index (χ4v) is 0.896. The molecule has 58 valence electrons. The zero-order valence-corrected chi connectivity index (χ0v) is 6.05. The average Bonchev–Trinajstić information content (AvgIpc) is 2.31. The molecular weight excluding hydrogens is 133 g/mol. The molecule has 1 heterocycles. The van der Waals surface area contributed by atoms with Crippen molar-refractivity contribution in [3.63, 3.8) is 0 Å². The number of unbranched alkanes of at least 4 members (excludes halogenated alkanes) is 1. The van der Waals surface area contributed by atoms with Crippen molar-refractivity contribution in [2.45, 2.75) is 32.4 Å². The first-order valence-corrected chi connectivity index (χ1v) is 3.57. The van der Waals surface area contributed by atoms with E-state index in [0.29, 0.717) is 5.12 Å². The van der Waals surface area contributed by atoms with Crippen molar-refractivity contribution < 1.29 is 4.48 Å². The first-order chi connectivity index (χ1) is 4.84. The van der Waals surface area contributed by atoms with Gasteiger partial charge < -0.3 is 0 Å². The van der Waals surface area contributed by atoms with Gasteiger partial charge in [0.1, 0.15) is 12.5 Å². The lowest BCUT2D eigenvalue weighted by atomic mass is 10.2. The quantitative estimate of drug-likeness (QED) is 0.605. The van der Waals surface area contributed by atoms with Crippen LogP contribution in [-0.4, -0.2) is 17.6 Å². The summed E-state index contributed by atoms with van der Waals surface area (Å²) in [4.78, 5) is 0. The Balaban J connectivity index is 2.17. The predicted octanol–water partition coefficient (Wildman–Crippen LogP) is 1.24. The summed E-state index contributed by atoms with van der Waals surface area (Å²) in [7, 11) is 0. The summed E-state index contributed by atoms with van der Waals surface area (Å²) in [6, 6.07) is 0. The van der Waals surface area contributed by atoms with Crippen molar-refractivity contribution in [1.29, 1.82) is 0 Å². The van der Waals surface area contributed by atoms with Crippen LogP contribution in [0.4, 0.5) is 4.48 Å². The number of hydrazone groups is 1. The van der Waals surface area contributed by atoms with Crippen molar-refractivity contribution in [3.05, 3.63) is 0 Å². The van der Waals surface area contributed by atoms with E-state index in [4.69, 9.17) is 0 Å². The minimum Gasteiger partial charge on any atom is -0.284 e. The van der Waals surface area contributed by atoms with Crippen LogP contribution in [0.25, 0.3) is 0 Å². The van der Waals surface area contributed by atoms with Crippen molar-refractivity contribution in [2.75, 3.05) is 0 Å². The number of halogens is 1. The lowest BCUT2D eigenvalue weighted by Crippen LogP contribution is -2.30. The highest BCUT2D eigenvalue weighted by Gasteiger charge is 2.17. The molecule has 0 radical (unpaired) electrons. The van der Waals surface area contributed by atoms with Gasteiger partial charge in [0.15, 0.2) is 0 Å². The Morgan fingerprint density at radius 2 is 2.60 bits per heavy atom. The molecule has 3 nitrogen and oxygen atoms in total. The Labute approximate surface area is 59.8 Å². The molecule has 1 aliphatic heterocycles. The van der Waals surface area contributed by atoms with Gasteiger partial charge in [-0.15, -0.1) is 0 Å². The van der Waals surface area contributed by atoms with Gasteiger partial charge in [0.2, 0.25) is 0 Å². The third-order valence-corrected chi connectivity index (χ3v) is 1.52. The van der Waals surface area contributed by atoms with Gasteiger partial charge in [-0.3, -0.25) is 5.43 Å². The van der Waals surface area contributed by atoms with Crippen molar-refractivity contribution in [1.82, 2.24) is 10.5 Å². The molecule has 0 saturated carbocycles. The van der Waals surface area contributed by atoms with E-state index >= 15 is 0 Å². The van der Waals surface area contributed by atoms with Crippen LogP contribution in [-0.2, 0) is 0 Å². The van der Waals surface area contributed by atoms with Crippen LogP contribution in [0, 0.1) is 0 Å². The van der Waals surface area contributed by atoms with Gasteiger partial charge in [0.05, 0.1) is 0 Å². The molecule has 0 bridgehead atoms. The van der Waals surface area contributed by atoms with Gasteiger partial charge in [0, 0.05) is 0 Å². The van der Waals surface area contributed by atoms with Crippen LogP contribution < -0.4 is 5.43 Å². The maximum Gasteiger partial charge on any atom is 0.146 e. The van der Waals surface area contributed by atoms with E-state index in [1.165, 1.54) is 6.34 Å². The Hall–Kier alpha value is -0.800. The second-order valence-corrected chi connectivity index (χ2v) is 2.38. The van der Waals surface area contributed by atoms with Crippen LogP contribution in [0.15, 0.2) is 5.10 Å². The summed E-state index contributed by atoms with van der Waals surface area (Å²) in [5, 5.41) is 4.18. The Kier molecular flexibility index (Phi) is 2.48. The fraction of sp³-hybridized carbons (Fsp3) is 0.833. The van der Waals surface area contributed by atoms with Gasteiger partial charge in [-0.05, 0) is 12.8 Å². The molecule has 0 aliphatic carbocycles. The van der Waals surface area contributed by atoms with Crippen molar-refractivity contribution in [3.8, 4) is 0 Å². The molecule has 0 aromatic carbocycles. The molecule has 1 unspecified atom stereocenters. The standard InChI is InChI=1S/C6H12FN3/c1-2-3-4-6-9-8-5-10(6)7/h5-6,9H,2-4H2,1H3. The average molecular weight is 145 g/mol. The molecule has 0 saturated heterocycles. The van der Waals surface area contributed by atoms with Crippen molar-refractivity contribution >= 4 is 6.34 Å². The van der Waals surface area contributed by atoms with E-state index < -0.39 is 0 Å². The zero-order chi connectivity index (χ0) is 7.40. The van der Waals surface area contributed by atoms with Gasteiger partial charge in [-0.25, -0.2) is 0 Å². The van der Waals surface area contributed by atoms with Crippen LogP contribution in [0.1, 0.15) is 26.2 Å². The zero-order valence-electron chi connectivity index (χ0n) is 6.05. The Morgan fingerprint density at radius 3 is 3.10 bits per heavy atom. The molecule has 1 N–H and O–H groups in total. The lowest BCUT2D eigenvalue weighted by molar-refractivity contribution is 0.0668. The number of hydrogen-bond donors (Lipinski definition) is 1. The van der Waals surface area contributed by atoms with E-state index in [2.05, 4.69) is 17.5 Å². The number of nitrogens with one attached hydrogen (secondary N) is 1. The summed E-state index contributed by atoms with van der Waals surface area (Å²) < 4.78 is 12.5. The highest BCUT2D eigenvalue weighted by atomic mass is 19.2. The molecule has 1 atom stereocenters. The second-order valence-electron chi connectivity index (χ2n) is 2.38. The Bertz CT molecular complexity index is 126. The smallest absolute Gasteiger partial charge is 0.146 e. The minimum atomic E-state index is -0.222. The molecule has 4 heteroatoms. The predicted molar refractivity (Wildman–Crippen MR) is 37.9 cm³/mol. The maximum atomic E-state index is 12.5. The molecular formula is C6H12FN3. The normalized spacial score (nSPS) is 23.4. The van der Waals surface area contributed by atoms with E-state index in [0.717, 1.165) is 19.3 Å². The van der Waals surface area contributed by atoms with Gasteiger partial charge >= 0.3 is 0 Å². The topological polar surface area (TPSA) is 27.6 Å². The number of rotatable bonds is 3. The van der Waals surface area contributed by atoms with Gasteiger partial charge in [0.25, 0.3) is 0 Å². The first-order valence-electron chi connectivity index (χ1n) is 3.57. The molecule has 1 aliphatic rings. The number of hydrogen-bond acceptors (Lipinski definition) is 3. The van der Waals surface area contributed by atoms with Crippen LogP contribution >= 0.6 is 0 Å². The second kappa shape index (κ2) is 3.39. The molecule has 0 amide bonds. The molecule has 0 spiro atoms. The fourth-order valence-electron chi connectivity index (χ4n) is 0.896. The molecule has 0 fully saturated rings. The lowest BCUT2D eigenvalue weighted by Gasteiger charge is -2.13. The number of nitrogens with zero attached hydrogens (tertiary/aromatic N) is 2. The summed E-state index contributed by atoms with van der Waals surface area (Å²) in [5.41, 5.74) is 2.66. The SMILES string of the molecule is CCCCC1NN=CN1F. The largest absolute Gasteiger partial charge is 0.284 e. The van der Waals surface area contributed by atoms with Crippen LogP contribution in [0.5, 0.6) is 0 Å². The maximum absolute atomic E-state index is 12.5. The highest BCUT2D eigenvalue weighted by molar-refractivity contribution is 5.55. The minimum absolute atomic E-state index is 0.222. The van der Waals surface area contributed by atoms with Crippen LogP contribution in [0.3, 0.4) is 0 Å². The highest BCUT2D eigenvalue weighted by Crippen LogP contribution is 2.08. The van der Waals surface area contributed by atoms with E-state index in [-0.39, 0.29) is 6.17 Å². The Morgan fingerprint density at radius 1 is 1.80 bits per heavy atom. The van der Waals surface area contributed by atoms with Gasteiger partial charge in [-0.1, -0.05) is 17.8 Å². The summed E-state index contributed by atoms with van der Waals surface area (Å²) >= 11 is 0. The first kappa shape index (κ1) is 7.31. The summed E-state index contributed by atoms with van der Waals surface area (Å²) in [5.74, 6) is 0. The van der Waals surface area contributed by atoms with Crippen LogP contribution in [0.2, 0.25) is 0 Å². The monoisotopic (exact) mass is 145 g/mol. The molecule has 0 aromatic heterocycles. The summed E-state index contributed by atoms with van der Waals surface area (Å²) in [6.45, 7) is 2.08. The molecule has 1 rings (SSSR count). The third-order valence-electron chi connectivity index (χ3n) is 1.52. The third kappa shape index (κ3) is 1.59. The van der Waals surface area contributed by atoms with Gasteiger partial charge in [-0.2, -0.15) is 10.2 Å². The van der Waals surface area contributed by atoms with E-state index in [1.807, 2.05) is 0 Å². The van der Waals surface area contributed by atoms with E-state index in [1.54, 1.807) is 0 Å². The molecule has 0 aromatic rings.